The number of imidazole rings is 1. The van der Waals surface area contributed by atoms with Crippen molar-refractivity contribution in [3.63, 3.8) is 0 Å². The standard InChI is InChI=1S/C21H23N7O4S/c1-25-12-22-18-16(25)19(29)28(21(30)27(18)3)9-6-10-33-20-24-23-17(26(20)2)15-11-31-13-7-4-5-8-14(13)32-15/h4-5,7-8,12,15H,6,9-11H2,1-3H3. The van der Waals surface area contributed by atoms with Gasteiger partial charge >= 0.3 is 5.69 Å². The maximum Gasteiger partial charge on any atom is 0.332 e. The molecule has 0 fully saturated rings. The average molecular weight is 470 g/mol. The lowest BCUT2D eigenvalue weighted by Crippen LogP contribution is -2.39. The lowest BCUT2D eigenvalue weighted by Gasteiger charge is -2.25. The maximum atomic E-state index is 12.8. The molecule has 0 saturated heterocycles. The Hall–Kier alpha value is -3.54. The molecule has 0 radical (unpaired) electrons. The molecule has 172 valence electrons. The van der Waals surface area contributed by atoms with Gasteiger partial charge in [0.25, 0.3) is 5.56 Å². The number of hydrogen-bond acceptors (Lipinski definition) is 8. The number of para-hydroxylation sites is 2. The van der Waals surface area contributed by atoms with Crippen LogP contribution >= 0.6 is 11.8 Å². The number of hydrogen-bond donors (Lipinski definition) is 0. The van der Waals surface area contributed by atoms with Crippen molar-refractivity contribution in [2.75, 3.05) is 12.4 Å². The van der Waals surface area contributed by atoms with Crippen LogP contribution in [-0.2, 0) is 27.7 Å². The van der Waals surface area contributed by atoms with Gasteiger partial charge in [-0.15, -0.1) is 10.2 Å². The SMILES string of the molecule is Cn1c(SCCCn2c(=O)c3c(ncn3C)n(C)c2=O)nnc1C1COc2ccccc2O1. The first kappa shape index (κ1) is 21.3. The van der Waals surface area contributed by atoms with Crippen LogP contribution in [0, 0.1) is 0 Å². The monoisotopic (exact) mass is 469 g/mol. The average Bonchev–Trinajstić information content (AvgIpc) is 3.39. The van der Waals surface area contributed by atoms with Crippen molar-refractivity contribution in [2.45, 2.75) is 24.2 Å². The third-order valence-corrected chi connectivity index (χ3v) is 6.73. The molecular formula is C21H23N7O4S. The topological polar surface area (TPSA) is 111 Å². The molecule has 1 aliphatic heterocycles. The zero-order valence-corrected chi connectivity index (χ0v) is 19.3. The van der Waals surface area contributed by atoms with Crippen molar-refractivity contribution >= 4 is 22.9 Å². The molecule has 3 aromatic heterocycles. The van der Waals surface area contributed by atoms with Crippen LogP contribution in [0.15, 0.2) is 45.3 Å². The first-order chi connectivity index (χ1) is 16.0. The maximum absolute atomic E-state index is 12.8. The molecule has 1 aromatic carbocycles. The predicted octanol–water partition coefficient (Wildman–Crippen LogP) is 1.26. The second kappa shape index (κ2) is 8.43. The Labute approximate surface area is 192 Å². The Kier molecular flexibility index (Phi) is 5.44. The molecule has 1 aliphatic rings. The van der Waals surface area contributed by atoms with E-state index >= 15 is 0 Å². The van der Waals surface area contributed by atoms with Crippen LogP contribution in [0.4, 0.5) is 0 Å². The van der Waals surface area contributed by atoms with Crippen LogP contribution in [0.25, 0.3) is 11.2 Å². The third-order valence-electron chi connectivity index (χ3n) is 5.62. The predicted molar refractivity (Wildman–Crippen MR) is 122 cm³/mol. The molecule has 11 nitrogen and oxygen atoms in total. The van der Waals surface area contributed by atoms with E-state index < -0.39 is 0 Å². The molecule has 5 rings (SSSR count). The smallest absolute Gasteiger partial charge is 0.332 e. The first-order valence-corrected chi connectivity index (χ1v) is 11.5. The van der Waals surface area contributed by atoms with E-state index in [9.17, 15) is 9.59 Å². The van der Waals surface area contributed by atoms with Crippen molar-refractivity contribution in [3.05, 3.63) is 57.3 Å². The fraction of sp³-hybridized carbons (Fsp3) is 0.381. The van der Waals surface area contributed by atoms with Gasteiger partial charge in [0.15, 0.2) is 39.7 Å². The minimum Gasteiger partial charge on any atom is -0.485 e. The largest absolute Gasteiger partial charge is 0.485 e. The summed E-state index contributed by atoms with van der Waals surface area (Å²) in [5, 5.41) is 9.31. The quantitative estimate of drug-likeness (QED) is 0.307. The number of rotatable bonds is 6. The number of nitrogens with zero attached hydrogens (tertiary/aromatic N) is 7. The molecule has 0 spiro atoms. The molecule has 0 N–H and O–H groups in total. The number of aryl methyl sites for hydroxylation is 2. The van der Waals surface area contributed by atoms with Gasteiger partial charge < -0.3 is 18.6 Å². The number of aromatic nitrogens is 7. The van der Waals surface area contributed by atoms with E-state index in [2.05, 4.69) is 15.2 Å². The van der Waals surface area contributed by atoms with Gasteiger partial charge in [-0.3, -0.25) is 13.9 Å². The summed E-state index contributed by atoms with van der Waals surface area (Å²) < 4.78 is 18.0. The second-order valence-corrected chi connectivity index (χ2v) is 8.85. The van der Waals surface area contributed by atoms with Gasteiger partial charge in [0, 0.05) is 33.4 Å². The van der Waals surface area contributed by atoms with Crippen molar-refractivity contribution in [1.82, 2.24) is 33.4 Å². The highest BCUT2D eigenvalue weighted by molar-refractivity contribution is 7.99. The summed E-state index contributed by atoms with van der Waals surface area (Å²) in [6.45, 7) is 0.664. The van der Waals surface area contributed by atoms with Crippen molar-refractivity contribution in [3.8, 4) is 11.5 Å². The molecule has 12 heteroatoms. The molecule has 33 heavy (non-hydrogen) atoms. The summed E-state index contributed by atoms with van der Waals surface area (Å²) >= 11 is 1.51. The van der Waals surface area contributed by atoms with Gasteiger partial charge in [-0.25, -0.2) is 9.78 Å². The Morgan fingerprint density at radius 1 is 1.09 bits per heavy atom. The van der Waals surface area contributed by atoms with E-state index in [-0.39, 0.29) is 17.4 Å². The fourth-order valence-electron chi connectivity index (χ4n) is 3.86. The summed E-state index contributed by atoms with van der Waals surface area (Å²) in [6.07, 6.45) is 1.80. The van der Waals surface area contributed by atoms with Gasteiger partial charge in [-0.1, -0.05) is 23.9 Å². The number of thioether (sulfide) groups is 1. The highest BCUT2D eigenvalue weighted by Gasteiger charge is 2.27. The minimum absolute atomic E-state index is 0.306. The molecule has 0 saturated carbocycles. The van der Waals surface area contributed by atoms with Crippen molar-refractivity contribution in [2.24, 2.45) is 21.1 Å². The minimum atomic E-state index is -0.369. The Balaban J connectivity index is 1.25. The molecule has 1 unspecified atom stereocenters. The van der Waals surface area contributed by atoms with Gasteiger partial charge in [-0.2, -0.15) is 0 Å². The van der Waals surface area contributed by atoms with Crippen LogP contribution in [0.3, 0.4) is 0 Å². The number of benzene rings is 1. The van der Waals surface area contributed by atoms with Gasteiger partial charge in [0.05, 0.1) is 6.33 Å². The molecule has 0 amide bonds. The van der Waals surface area contributed by atoms with Crippen LogP contribution < -0.4 is 20.7 Å². The van der Waals surface area contributed by atoms with Crippen LogP contribution in [0.5, 0.6) is 11.5 Å². The fourth-order valence-corrected chi connectivity index (χ4v) is 4.70. The molecule has 0 aliphatic carbocycles. The zero-order valence-electron chi connectivity index (χ0n) is 18.5. The molecule has 4 heterocycles. The van der Waals surface area contributed by atoms with Crippen LogP contribution in [0.2, 0.25) is 0 Å². The van der Waals surface area contributed by atoms with E-state index in [1.54, 1.807) is 18.7 Å². The van der Waals surface area contributed by atoms with E-state index in [4.69, 9.17) is 9.47 Å². The summed E-state index contributed by atoms with van der Waals surface area (Å²) in [5.74, 6) is 2.74. The number of fused-ring (bicyclic) bond motifs is 2. The summed E-state index contributed by atoms with van der Waals surface area (Å²) in [4.78, 5) is 29.6. The van der Waals surface area contributed by atoms with E-state index in [1.165, 1.54) is 27.2 Å². The highest BCUT2D eigenvalue weighted by atomic mass is 32.2. The van der Waals surface area contributed by atoms with Crippen molar-refractivity contribution in [1.29, 1.82) is 0 Å². The normalized spacial score (nSPS) is 15.3. The number of ether oxygens (including phenoxy) is 2. The van der Waals surface area contributed by atoms with Gasteiger partial charge in [0.1, 0.15) is 6.61 Å². The van der Waals surface area contributed by atoms with Gasteiger partial charge in [-0.05, 0) is 18.6 Å². The second-order valence-electron chi connectivity index (χ2n) is 7.79. The third kappa shape index (κ3) is 3.69. The first-order valence-electron chi connectivity index (χ1n) is 10.5. The van der Waals surface area contributed by atoms with Crippen molar-refractivity contribution < 1.29 is 9.47 Å². The van der Waals surface area contributed by atoms with E-state index in [1.807, 2.05) is 35.9 Å². The molecule has 1 atom stereocenters. The lowest BCUT2D eigenvalue weighted by molar-refractivity contribution is 0.0825. The Morgan fingerprint density at radius 3 is 2.70 bits per heavy atom. The van der Waals surface area contributed by atoms with Gasteiger partial charge in [0.2, 0.25) is 0 Å². The lowest BCUT2D eigenvalue weighted by atomic mass is 10.2. The summed E-state index contributed by atoms with van der Waals surface area (Å²) in [6, 6.07) is 7.53. The van der Waals surface area contributed by atoms with Crippen LogP contribution in [-0.4, -0.2) is 45.8 Å². The van der Waals surface area contributed by atoms with Crippen LogP contribution in [0.1, 0.15) is 18.3 Å². The molecular weight excluding hydrogens is 446 g/mol. The summed E-state index contributed by atoms with van der Waals surface area (Å²) in [7, 11) is 5.25. The molecule has 0 bridgehead atoms. The summed E-state index contributed by atoms with van der Waals surface area (Å²) in [5.41, 5.74) is 0.112. The Morgan fingerprint density at radius 2 is 1.88 bits per heavy atom. The molecule has 4 aromatic rings. The van der Waals surface area contributed by atoms with E-state index in [0.29, 0.717) is 48.1 Å². The van der Waals surface area contributed by atoms with E-state index in [0.717, 1.165) is 10.9 Å². The zero-order chi connectivity index (χ0) is 23.1. The highest BCUT2D eigenvalue weighted by Crippen LogP contribution is 2.35. The Bertz CT molecular complexity index is 1450.